The fourth-order valence-corrected chi connectivity index (χ4v) is 3.59. The Hall–Kier alpha value is -1.02. The molecule has 1 aromatic carbocycles. The van der Waals surface area contributed by atoms with Crippen LogP contribution in [0.15, 0.2) is 18.2 Å². The highest BCUT2D eigenvalue weighted by Crippen LogP contribution is 2.38. The summed E-state index contributed by atoms with van der Waals surface area (Å²) in [4.78, 5) is 12.7. The molecule has 0 spiro atoms. The lowest BCUT2D eigenvalue weighted by molar-refractivity contribution is -0.123. The minimum atomic E-state index is 0.119. The van der Waals surface area contributed by atoms with Gasteiger partial charge in [0.1, 0.15) is 0 Å². The van der Waals surface area contributed by atoms with Crippen LogP contribution in [0.25, 0.3) is 0 Å². The zero-order chi connectivity index (χ0) is 15.6. The summed E-state index contributed by atoms with van der Waals surface area (Å²) in [5.41, 5.74) is 1.83. The molecule has 2 rings (SSSR count). The van der Waals surface area contributed by atoms with Crippen LogP contribution in [0.3, 0.4) is 0 Å². The first-order valence-electron chi connectivity index (χ1n) is 7.95. The number of amides is 1. The van der Waals surface area contributed by atoms with Gasteiger partial charge in [-0.05, 0) is 55.2 Å². The van der Waals surface area contributed by atoms with Gasteiger partial charge in [-0.1, -0.05) is 44.9 Å². The van der Waals surface area contributed by atoms with Crippen LogP contribution in [0.1, 0.15) is 45.6 Å². The molecular weight excluding hydrogens is 282 g/mol. The van der Waals surface area contributed by atoms with Gasteiger partial charge < -0.3 is 5.32 Å². The maximum atomic E-state index is 12.7. The molecule has 1 unspecified atom stereocenters. The van der Waals surface area contributed by atoms with Crippen LogP contribution in [-0.2, 0) is 4.79 Å². The van der Waals surface area contributed by atoms with Crippen molar-refractivity contribution in [3.8, 4) is 0 Å². The summed E-state index contributed by atoms with van der Waals surface area (Å²) in [5, 5.41) is 3.76. The maximum absolute atomic E-state index is 12.7. The standard InChI is InChI=1S/C18H26ClNO/c1-11(2)15-8-5-12(3)9-16(15)18(21)20-14-7-6-13(4)17(19)10-14/h6-7,10-12,15-16H,5,8-9H2,1-4H3,(H,20,21)/t12-,15?,16-/m1/s1. The summed E-state index contributed by atoms with van der Waals surface area (Å²) < 4.78 is 0. The molecule has 0 heterocycles. The van der Waals surface area contributed by atoms with Gasteiger partial charge in [0.2, 0.25) is 5.91 Å². The number of carbonyl (C=O) groups excluding carboxylic acids is 1. The van der Waals surface area contributed by atoms with Gasteiger partial charge in [0.05, 0.1) is 0 Å². The normalized spacial score (nSPS) is 25.9. The third kappa shape index (κ3) is 4.00. The number of nitrogens with one attached hydrogen (secondary N) is 1. The lowest BCUT2D eigenvalue weighted by Crippen LogP contribution is -2.36. The third-order valence-corrected chi connectivity index (χ3v) is 5.21. The predicted octanol–water partition coefficient (Wildman–Crippen LogP) is 5.30. The van der Waals surface area contributed by atoms with Gasteiger partial charge in [0, 0.05) is 16.6 Å². The van der Waals surface area contributed by atoms with Crippen molar-refractivity contribution < 1.29 is 4.79 Å². The number of halogens is 1. The Morgan fingerprint density at radius 1 is 1.33 bits per heavy atom. The van der Waals surface area contributed by atoms with Crippen molar-refractivity contribution in [1.29, 1.82) is 0 Å². The zero-order valence-electron chi connectivity index (χ0n) is 13.4. The van der Waals surface area contributed by atoms with Crippen LogP contribution in [-0.4, -0.2) is 5.91 Å². The van der Waals surface area contributed by atoms with E-state index in [1.54, 1.807) is 0 Å². The number of anilines is 1. The highest BCUT2D eigenvalue weighted by molar-refractivity contribution is 6.31. The molecule has 0 aliphatic heterocycles. The molecule has 116 valence electrons. The zero-order valence-corrected chi connectivity index (χ0v) is 14.2. The number of benzene rings is 1. The van der Waals surface area contributed by atoms with Crippen molar-refractivity contribution >= 4 is 23.2 Å². The second kappa shape index (κ2) is 6.83. The predicted molar refractivity (Wildman–Crippen MR) is 89.7 cm³/mol. The van der Waals surface area contributed by atoms with Crippen molar-refractivity contribution in [2.24, 2.45) is 23.7 Å². The number of aryl methyl sites for hydroxylation is 1. The minimum Gasteiger partial charge on any atom is -0.326 e. The Morgan fingerprint density at radius 3 is 2.67 bits per heavy atom. The Morgan fingerprint density at radius 2 is 2.05 bits per heavy atom. The first-order chi connectivity index (χ1) is 9.88. The lowest BCUT2D eigenvalue weighted by Gasteiger charge is -2.36. The monoisotopic (exact) mass is 307 g/mol. The number of hydrogen-bond donors (Lipinski definition) is 1. The molecule has 1 fully saturated rings. The maximum Gasteiger partial charge on any atom is 0.227 e. The van der Waals surface area contributed by atoms with E-state index in [9.17, 15) is 4.79 Å². The van der Waals surface area contributed by atoms with Gasteiger partial charge in [0.15, 0.2) is 0 Å². The van der Waals surface area contributed by atoms with E-state index >= 15 is 0 Å². The summed E-state index contributed by atoms with van der Waals surface area (Å²) in [6.07, 6.45) is 3.39. The van der Waals surface area contributed by atoms with E-state index in [0.717, 1.165) is 24.1 Å². The molecule has 3 heteroatoms. The summed E-state index contributed by atoms with van der Waals surface area (Å²) in [7, 11) is 0. The SMILES string of the molecule is Cc1ccc(NC(=O)[C@@H]2C[C@H](C)CCC2C(C)C)cc1Cl. The largest absolute Gasteiger partial charge is 0.326 e. The van der Waals surface area contributed by atoms with Gasteiger partial charge in [-0.3, -0.25) is 4.79 Å². The van der Waals surface area contributed by atoms with Crippen molar-refractivity contribution in [3.05, 3.63) is 28.8 Å². The van der Waals surface area contributed by atoms with Gasteiger partial charge >= 0.3 is 0 Å². The molecule has 0 bridgehead atoms. The van der Waals surface area contributed by atoms with Gasteiger partial charge in [-0.15, -0.1) is 0 Å². The van der Waals surface area contributed by atoms with Crippen LogP contribution in [0.4, 0.5) is 5.69 Å². The van der Waals surface area contributed by atoms with Gasteiger partial charge in [0.25, 0.3) is 0 Å². The van der Waals surface area contributed by atoms with Gasteiger partial charge in [-0.2, -0.15) is 0 Å². The molecule has 1 amide bonds. The van der Waals surface area contributed by atoms with Crippen LogP contribution in [0.2, 0.25) is 5.02 Å². The van der Waals surface area contributed by atoms with Crippen molar-refractivity contribution in [3.63, 3.8) is 0 Å². The summed E-state index contributed by atoms with van der Waals surface area (Å²) in [6.45, 7) is 8.67. The number of rotatable bonds is 3. The Kier molecular flexibility index (Phi) is 5.32. The molecular formula is C18H26ClNO. The molecule has 1 aliphatic rings. The molecule has 2 nitrogen and oxygen atoms in total. The van der Waals surface area contributed by atoms with Gasteiger partial charge in [-0.25, -0.2) is 0 Å². The fraction of sp³-hybridized carbons (Fsp3) is 0.611. The Labute approximate surface area is 133 Å². The highest BCUT2D eigenvalue weighted by atomic mass is 35.5. The molecule has 1 aliphatic carbocycles. The molecule has 0 radical (unpaired) electrons. The molecule has 21 heavy (non-hydrogen) atoms. The lowest BCUT2D eigenvalue weighted by atomic mass is 9.70. The Balaban J connectivity index is 2.11. The summed E-state index contributed by atoms with van der Waals surface area (Å²) in [6, 6.07) is 5.71. The molecule has 1 aromatic rings. The van der Waals surface area contributed by atoms with E-state index in [4.69, 9.17) is 11.6 Å². The van der Waals surface area contributed by atoms with E-state index in [-0.39, 0.29) is 11.8 Å². The van der Waals surface area contributed by atoms with E-state index < -0.39 is 0 Å². The van der Waals surface area contributed by atoms with E-state index in [1.807, 2.05) is 25.1 Å². The third-order valence-electron chi connectivity index (χ3n) is 4.80. The molecule has 1 saturated carbocycles. The average molecular weight is 308 g/mol. The van der Waals surface area contributed by atoms with Crippen LogP contribution >= 0.6 is 11.6 Å². The second-order valence-corrected chi connectivity index (χ2v) is 7.29. The summed E-state index contributed by atoms with van der Waals surface area (Å²) >= 11 is 6.13. The van der Waals surface area contributed by atoms with Crippen LogP contribution in [0.5, 0.6) is 0 Å². The van der Waals surface area contributed by atoms with Crippen molar-refractivity contribution in [1.82, 2.24) is 0 Å². The second-order valence-electron chi connectivity index (χ2n) is 6.89. The minimum absolute atomic E-state index is 0.119. The molecule has 1 N–H and O–H groups in total. The topological polar surface area (TPSA) is 29.1 Å². The first-order valence-corrected chi connectivity index (χ1v) is 8.33. The fourth-order valence-electron chi connectivity index (χ4n) is 3.41. The average Bonchev–Trinajstić information content (AvgIpc) is 2.42. The quantitative estimate of drug-likeness (QED) is 0.807. The van der Waals surface area contributed by atoms with Crippen LogP contribution < -0.4 is 5.32 Å². The van der Waals surface area contributed by atoms with Crippen molar-refractivity contribution in [2.45, 2.75) is 47.0 Å². The van der Waals surface area contributed by atoms with Crippen molar-refractivity contribution in [2.75, 3.05) is 5.32 Å². The van der Waals surface area contributed by atoms with Crippen LogP contribution in [0, 0.1) is 30.6 Å². The molecule has 3 atom stereocenters. The summed E-state index contributed by atoms with van der Waals surface area (Å²) in [5.74, 6) is 1.95. The van der Waals surface area contributed by atoms with E-state index in [1.165, 1.54) is 6.42 Å². The van der Waals surface area contributed by atoms with E-state index in [0.29, 0.717) is 22.8 Å². The Bertz CT molecular complexity index is 512. The first kappa shape index (κ1) is 16.4. The highest BCUT2D eigenvalue weighted by Gasteiger charge is 2.35. The number of carbonyl (C=O) groups is 1. The van der Waals surface area contributed by atoms with E-state index in [2.05, 4.69) is 26.1 Å². The number of hydrogen-bond acceptors (Lipinski definition) is 1. The smallest absolute Gasteiger partial charge is 0.227 e. The molecule has 0 saturated heterocycles. The molecule has 0 aromatic heterocycles.